The topological polar surface area (TPSA) is 82.5 Å². The molecule has 2 amide bonds. The Morgan fingerprint density at radius 2 is 2.23 bits per heavy atom. The van der Waals surface area contributed by atoms with E-state index in [2.05, 4.69) is 25.7 Å². The number of hydrogen-bond acceptors (Lipinski definition) is 6. The molecule has 8 heteroatoms. The van der Waals surface area contributed by atoms with Crippen molar-refractivity contribution in [2.24, 2.45) is 23.2 Å². The van der Waals surface area contributed by atoms with E-state index in [1.807, 2.05) is 13.2 Å². The molecule has 0 spiro atoms. The van der Waals surface area contributed by atoms with Crippen LogP contribution in [-0.4, -0.2) is 58.5 Å². The number of anilines is 1. The Balaban J connectivity index is 1.82. The number of likely N-dealkylation sites (N-methyl/N-ethyl adjacent to an activating group) is 1. The van der Waals surface area contributed by atoms with Crippen LogP contribution in [0.2, 0.25) is 0 Å². The third-order valence-electron chi connectivity index (χ3n) is 7.25. The lowest BCUT2D eigenvalue weighted by Gasteiger charge is -2.53. The molecule has 2 aliphatic rings. The van der Waals surface area contributed by atoms with Crippen molar-refractivity contribution in [3.8, 4) is 0 Å². The number of aliphatic hydroxyl groups is 1. The van der Waals surface area contributed by atoms with Gasteiger partial charge in [-0.1, -0.05) is 26.8 Å². The van der Waals surface area contributed by atoms with Crippen LogP contribution >= 0.6 is 23.1 Å². The number of carbonyl (C=O) groups is 2. The summed E-state index contributed by atoms with van der Waals surface area (Å²) in [6, 6.07) is 0. The molecule has 6 unspecified atom stereocenters. The molecular weight excluding hydrogens is 430 g/mol. The van der Waals surface area contributed by atoms with Crippen LogP contribution in [0.5, 0.6) is 0 Å². The molecule has 1 fully saturated rings. The van der Waals surface area contributed by atoms with Gasteiger partial charge in [-0.3, -0.25) is 9.59 Å². The van der Waals surface area contributed by atoms with Crippen LogP contribution in [-0.2, 0) is 16.0 Å². The van der Waals surface area contributed by atoms with Gasteiger partial charge in [0.15, 0.2) is 5.13 Å². The van der Waals surface area contributed by atoms with Crippen LogP contribution < -0.4 is 5.32 Å². The molecule has 0 radical (unpaired) electrons. The second kappa shape index (κ2) is 9.63. The van der Waals surface area contributed by atoms with Gasteiger partial charge in [-0.2, -0.15) is 11.8 Å². The highest BCUT2D eigenvalue weighted by atomic mass is 32.2. The quantitative estimate of drug-likeness (QED) is 0.599. The SMILES string of the molecule is C=CCN(C)C(=O)C(C)C1CCC2(C)Cc3sc(NC(=O)CSC)nc3C(C)C2C1O. The van der Waals surface area contributed by atoms with E-state index in [0.29, 0.717) is 17.4 Å². The molecule has 1 heterocycles. The van der Waals surface area contributed by atoms with Gasteiger partial charge >= 0.3 is 0 Å². The standard InChI is InChI=1S/C23H35N3O3S2/c1-7-10-26(5)21(29)13(2)15-8-9-23(4)11-16-19(14(3)18(23)20(15)28)25-22(31-16)24-17(27)12-30-6/h7,13-15,18,20,28H,1,8-12H2,2-6H3,(H,24,25,27). The van der Waals surface area contributed by atoms with Crippen molar-refractivity contribution in [1.29, 1.82) is 0 Å². The maximum Gasteiger partial charge on any atom is 0.236 e. The average molecular weight is 466 g/mol. The van der Waals surface area contributed by atoms with Crippen LogP contribution in [0.15, 0.2) is 12.7 Å². The maximum atomic E-state index is 12.9. The summed E-state index contributed by atoms with van der Waals surface area (Å²) in [6.07, 6.45) is 5.73. The van der Waals surface area contributed by atoms with Gasteiger partial charge in [0.25, 0.3) is 0 Å². The van der Waals surface area contributed by atoms with Crippen LogP contribution in [0.25, 0.3) is 0 Å². The lowest BCUT2D eigenvalue weighted by Crippen LogP contribution is -2.53. The Labute approximate surface area is 193 Å². The van der Waals surface area contributed by atoms with E-state index in [0.717, 1.165) is 25.0 Å². The van der Waals surface area contributed by atoms with Crippen molar-refractivity contribution in [3.05, 3.63) is 23.2 Å². The van der Waals surface area contributed by atoms with Crippen LogP contribution in [0.4, 0.5) is 5.13 Å². The minimum absolute atomic E-state index is 0.0361. The number of thioether (sulfide) groups is 1. The van der Waals surface area contributed by atoms with Crippen molar-refractivity contribution in [2.45, 2.75) is 52.1 Å². The van der Waals surface area contributed by atoms with Gasteiger partial charge in [-0.25, -0.2) is 4.98 Å². The third kappa shape index (κ3) is 4.71. The second-order valence-corrected chi connectivity index (χ2v) is 11.4. The number of nitrogens with one attached hydrogen (secondary N) is 1. The van der Waals surface area contributed by atoms with E-state index in [9.17, 15) is 14.7 Å². The first-order chi connectivity index (χ1) is 14.6. The van der Waals surface area contributed by atoms with Crippen molar-refractivity contribution in [3.63, 3.8) is 0 Å². The highest BCUT2D eigenvalue weighted by molar-refractivity contribution is 7.99. The number of aliphatic hydroxyl groups excluding tert-OH is 1. The predicted octanol–water partition coefficient (Wildman–Crippen LogP) is 3.78. The summed E-state index contributed by atoms with van der Waals surface area (Å²) in [4.78, 5) is 32.5. The molecular formula is C23H35N3O3S2. The molecule has 1 aromatic rings. The molecule has 6 atom stereocenters. The summed E-state index contributed by atoms with van der Waals surface area (Å²) in [7, 11) is 1.79. The molecule has 172 valence electrons. The second-order valence-electron chi connectivity index (χ2n) is 9.44. The summed E-state index contributed by atoms with van der Waals surface area (Å²) in [5.74, 6) is 0.233. The summed E-state index contributed by atoms with van der Waals surface area (Å²) in [5, 5.41) is 15.1. The van der Waals surface area contributed by atoms with Gasteiger partial charge in [0.1, 0.15) is 0 Å². The van der Waals surface area contributed by atoms with E-state index in [1.54, 1.807) is 29.4 Å². The number of nitrogens with zero attached hydrogens (tertiary/aromatic N) is 2. The van der Waals surface area contributed by atoms with E-state index < -0.39 is 6.10 Å². The first kappa shape index (κ1) is 24.3. The Morgan fingerprint density at radius 1 is 1.52 bits per heavy atom. The predicted molar refractivity (Wildman–Crippen MR) is 129 cm³/mol. The molecule has 1 saturated carbocycles. The Bertz CT molecular complexity index is 842. The van der Waals surface area contributed by atoms with E-state index in [4.69, 9.17) is 4.98 Å². The smallest absolute Gasteiger partial charge is 0.236 e. The Kier molecular flexibility index (Phi) is 7.54. The lowest BCUT2D eigenvalue weighted by atomic mass is 9.53. The molecule has 3 rings (SSSR count). The largest absolute Gasteiger partial charge is 0.392 e. The molecule has 31 heavy (non-hydrogen) atoms. The van der Waals surface area contributed by atoms with Gasteiger partial charge in [-0.15, -0.1) is 17.9 Å². The molecule has 0 aromatic carbocycles. The number of fused-ring (bicyclic) bond motifs is 2. The minimum Gasteiger partial charge on any atom is -0.392 e. The van der Waals surface area contributed by atoms with Crippen LogP contribution in [0.3, 0.4) is 0 Å². The van der Waals surface area contributed by atoms with E-state index >= 15 is 0 Å². The number of aromatic nitrogens is 1. The van der Waals surface area contributed by atoms with Gasteiger partial charge in [0.2, 0.25) is 11.8 Å². The number of amides is 2. The van der Waals surface area contributed by atoms with Gasteiger partial charge in [0.05, 0.1) is 17.6 Å². The number of carbonyl (C=O) groups excluding carboxylic acids is 2. The first-order valence-electron chi connectivity index (χ1n) is 10.9. The normalized spacial score (nSPS) is 30.6. The fourth-order valence-corrected chi connectivity index (χ4v) is 7.32. The zero-order valence-electron chi connectivity index (χ0n) is 19.2. The molecule has 0 bridgehead atoms. The molecule has 0 aliphatic heterocycles. The minimum atomic E-state index is -0.561. The van der Waals surface area contributed by atoms with Crippen LogP contribution in [0, 0.1) is 23.2 Å². The van der Waals surface area contributed by atoms with E-state index in [-0.39, 0.29) is 40.9 Å². The zero-order valence-corrected chi connectivity index (χ0v) is 20.8. The number of hydrogen-bond donors (Lipinski definition) is 2. The van der Waals surface area contributed by atoms with Crippen molar-refractivity contribution < 1.29 is 14.7 Å². The monoisotopic (exact) mass is 465 g/mol. The number of thiazole rings is 1. The van der Waals surface area contributed by atoms with Crippen LogP contribution in [0.1, 0.15) is 50.1 Å². The average Bonchev–Trinajstić information content (AvgIpc) is 3.09. The summed E-state index contributed by atoms with van der Waals surface area (Å²) >= 11 is 3.05. The molecule has 2 aliphatic carbocycles. The Hall–Kier alpha value is -1.38. The van der Waals surface area contributed by atoms with Gasteiger partial charge < -0.3 is 15.3 Å². The molecule has 2 N–H and O–H groups in total. The zero-order chi connectivity index (χ0) is 22.9. The number of rotatable bonds is 7. The summed E-state index contributed by atoms with van der Waals surface area (Å²) < 4.78 is 0. The summed E-state index contributed by atoms with van der Waals surface area (Å²) in [6.45, 7) is 10.6. The fraction of sp³-hybridized carbons (Fsp3) is 0.696. The first-order valence-corrected chi connectivity index (χ1v) is 13.2. The van der Waals surface area contributed by atoms with Crippen molar-refractivity contribution in [1.82, 2.24) is 9.88 Å². The molecule has 6 nitrogen and oxygen atoms in total. The molecule has 1 aromatic heterocycles. The summed E-state index contributed by atoms with van der Waals surface area (Å²) in [5.41, 5.74) is 0.958. The van der Waals surface area contributed by atoms with Crippen molar-refractivity contribution >= 4 is 40.0 Å². The molecule has 0 saturated heterocycles. The fourth-order valence-electron chi connectivity index (χ4n) is 5.70. The van der Waals surface area contributed by atoms with E-state index in [1.165, 1.54) is 16.6 Å². The highest BCUT2D eigenvalue weighted by Crippen LogP contribution is 2.57. The lowest BCUT2D eigenvalue weighted by molar-refractivity contribution is -0.143. The highest BCUT2D eigenvalue weighted by Gasteiger charge is 2.54. The van der Waals surface area contributed by atoms with Gasteiger partial charge in [-0.05, 0) is 42.8 Å². The third-order valence-corrected chi connectivity index (χ3v) is 8.79. The van der Waals surface area contributed by atoms with Gasteiger partial charge in [0, 0.05) is 30.3 Å². The maximum absolute atomic E-state index is 12.9. The Morgan fingerprint density at radius 3 is 2.87 bits per heavy atom. The van der Waals surface area contributed by atoms with Crippen molar-refractivity contribution in [2.75, 3.05) is 30.9 Å².